The maximum atomic E-state index is 13.7. The number of β-amino-alcohol motifs (C(OH)–C–C–N with tert-alkyl or cyclic N) is 1. The second-order valence-electron chi connectivity index (χ2n) is 11.6. The van der Waals surface area contributed by atoms with Crippen LogP contribution in [-0.4, -0.2) is 66.5 Å². The molecule has 1 aromatic heterocycles. The van der Waals surface area contributed by atoms with E-state index in [0.717, 1.165) is 61.2 Å². The zero-order valence-corrected chi connectivity index (χ0v) is 23.3. The number of rotatable bonds is 9. The SMILES string of the molecule is C[C@@H](NC(=O)c1cncc(O[C@H]2CCOC2)c1)c1ccc(C(=C2CC3(C2)CN(CCO)C3)c2ccc(F)cc2)cc1. The van der Waals surface area contributed by atoms with Gasteiger partial charge in [0.15, 0.2) is 0 Å². The maximum absolute atomic E-state index is 13.7. The number of hydrogen-bond donors (Lipinski definition) is 2. The van der Waals surface area contributed by atoms with Gasteiger partial charge in [0, 0.05) is 37.7 Å². The number of aromatic nitrogens is 1. The molecule has 2 atom stereocenters. The highest BCUT2D eigenvalue weighted by atomic mass is 19.1. The Balaban J connectivity index is 1.15. The van der Waals surface area contributed by atoms with Crippen molar-refractivity contribution in [2.24, 2.45) is 5.41 Å². The molecule has 3 aromatic rings. The lowest BCUT2D eigenvalue weighted by Gasteiger charge is -2.57. The Labute approximate surface area is 240 Å². The molecular weight excluding hydrogens is 521 g/mol. The van der Waals surface area contributed by atoms with Crippen molar-refractivity contribution in [3.63, 3.8) is 0 Å². The molecule has 2 saturated heterocycles. The monoisotopic (exact) mass is 557 g/mol. The maximum Gasteiger partial charge on any atom is 0.253 e. The van der Waals surface area contributed by atoms with Crippen LogP contribution in [0.5, 0.6) is 5.75 Å². The van der Waals surface area contributed by atoms with Crippen LogP contribution in [0, 0.1) is 11.2 Å². The quantitative estimate of drug-likeness (QED) is 0.395. The third kappa shape index (κ3) is 6.05. The number of likely N-dealkylation sites (tertiary alicyclic amines) is 1. The number of hydrogen-bond acceptors (Lipinski definition) is 6. The smallest absolute Gasteiger partial charge is 0.253 e. The van der Waals surface area contributed by atoms with Gasteiger partial charge in [-0.25, -0.2) is 4.39 Å². The summed E-state index contributed by atoms with van der Waals surface area (Å²) >= 11 is 0. The van der Waals surface area contributed by atoms with E-state index in [1.54, 1.807) is 18.5 Å². The minimum absolute atomic E-state index is 0.0116. The van der Waals surface area contributed by atoms with Crippen LogP contribution in [-0.2, 0) is 4.74 Å². The molecule has 6 rings (SSSR count). The topological polar surface area (TPSA) is 83.9 Å². The van der Waals surface area contributed by atoms with Crippen molar-refractivity contribution >= 4 is 11.5 Å². The van der Waals surface area contributed by atoms with Crippen LogP contribution in [0.3, 0.4) is 0 Å². The lowest BCUT2D eigenvalue weighted by Crippen LogP contribution is -2.60. The van der Waals surface area contributed by atoms with Crippen LogP contribution in [0.2, 0.25) is 0 Å². The van der Waals surface area contributed by atoms with E-state index in [-0.39, 0.29) is 30.5 Å². The Hall–Kier alpha value is -3.59. The molecule has 1 saturated carbocycles. The van der Waals surface area contributed by atoms with E-state index in [2.05, 4.69) is 27.3 Å². The summed E-state index contributed by atoms with van der Waals surface area (Å²) in [5.41, 5.74) is 6.37. The van der Waals surface area contributed by atoms with Crippen LogP contribution in [0.15, 0.2) is 72.6 Å². The molecule has 3 fully saturated rings. The number of amides is 1. The molecule has 2 aromatic carbocycles. The highest BCUT2D eigenvalue weighted by Gasteiger charge is 2.50. The van der Waals surface area contributed by atoms with Crippen molar-refractivity contribution in [3.05, 3.63) is 101 Å². The Kier molecular flexibility index (Phi) is 7.88. The molecule has 41 heavy (non-hydrogen) atoms. The molecule has 0 unspecified atom stereocenters. The van der Waals surface area contributed by atoms with Gasteiger partial charge in [-0.3, -0.25) is 14.7 Å². The third-order valence-electron chi connectivity index (χ3n) is 8.41. The van der Waals surface area contributed by atoms with Gasteiger partial charge in [0.25, 0.3) is 5.91 Å². The summed E-state index contributed by atoms with van der Waals surface area (Å²) in [6.07, 6.45) is 6.00. The summed E-state index contributed by atoms with van der Waals surface area (Å²) in [6.45, 7) is 6.15. The van der Waals surface area contributed by atoms with Crippen LogP contribution in [0.25, 0.3) is 5.57 Å². The minimum atomic E-state index is -0.249. The van der Waals surface area contributed by atoms with Crippen molar-refractivity contribution in [1.29, 1.82) is 0 Å². The number of nitrogens with one attached hydrogen (secondary N) is 1. The molecule has 2 N–H and O–H groups in total. The highest BCUT2D eigenvalue weighted by Crippen LogP contribution is 2.54. The Bertz CT molecular complexity index is 1400. The molecule has 1 spiro atoms. The fraction of sp³-hybridized carbons (Fsp3) is 0.394. The molecule has 2 aliphatic heterocycles. The van der Waals surface area contributed by atoms with Crippen LogP contribution >= 0.6 is 0 Å². The molecule has 3 aliphatic rings. The summed E-state index contributed by atoms with van der Waals surface area (Å²) in [4.78, 5) is 19.5. The molecule has 7 nitrogen and oxygen atoms in total. The first-order chi connectivity index (χ1) is 19.9. The number of carbonyl (C=O) groups excluding carboxylic acids is 1. The summed E-state index contributed by atoms with van der Waals surface area (Å²) < 4.78 is 25.0. The van der Waals surface area contributed by atoms with E-state index in [9.17, 15) is 14.3 Å². The lowest BCUT2D eigenvalue weighted by molar-refractivity contribution is -0.0366. The first-order valence-corrected chi connectivity index (χ1v) is 14.3. The standard InChI is InChI=1S/C33H36FN3O4/c1-22(36-32(39)26-14-30(18-35-17-26)41-29-10-13-40-19-29)23-2-4-24(5-3-23)31(25-6-8-28(34)9-7-25)27-15-33(16-27)20-37(21-33)11-12-38/h2-9,14,17-18,22,29,38H,10-13,15-16,19-21H2,1H3,(H,36,39)/t22-,29+/m1/s1. The summed E-state index contributed by atoms with van der Waals surface area (Å²) in [7, 11) is 0. The zero-order chi connectivity index (χ0) is 28.4. The first kappa shape index (κ1) is 27.6. The van der Waals surface area contributed by atoms with Crippen LogP contribution < -0.4 is 10.1 Å². The molecule has 1 aliphatic carbocycles. The number of benzene rings is 2. The molecule has 0 bridgehead atoms. The molecule has 1 amide bonds. The van der Waals surface area contributed by atoms with E-state index in [1.807, 2.05) is 31.2 Å². The van der Waals surface area contributed by atoms with Crippen LogP contribution in [0.1, 0.15) is 59.3 Å². The molecular formula is C33H36FN3O4. The number of ether oxygens (including phenoxy) is 2. The second-order valence-corrected chi connectivity index (χ2v) is 11.6. The molecule has 214 valence electrons. The fourth-order valence-corrected chi connectivity index (χ4v) is 6.35. The Morgan fingerprint density at radius 2 is 1.83 bits per heavy atom. The van der Waals surface area contributed by atoms with E-state index in [4.69, 9.17) is 9.47 Å². The van der Waals surface area contributed by atoms with E-state index in [0.29, 0.717) is 29.9 Å². The normalized spacial score (nSPS) is 20.3. The largest absolute Gasteiger partial charge is 0.486 e. The predicted octanol–water partition coefficient (Wildman–Crippen LogP) is 4.77. The van der Waals surface area contributed by atoms with Crippen molar-refractivity contribution in [1.82, 2.24) is 15.2 Å². The van der Waals surface area contributed by atoms with Crippen LogP contribution in [0.4, 0.5) is 4.39 Å². The Morgan fingerprint density at radius 3 is 2.49 bits per heavy atom. The van der Waals surface area contributed by atoms with Gasteiger partial charge in [-0.2, -0.15) is 0 Å². The molecule has 3 heterocycles. The summed E-state index contributed by atoms with van der Waals surface area (Å²) in [6, 6.07) is 16.5. The second kappa shape index (κ2) is 11.7. The van der Waals surface area contributed by atoms with Crippen molar-refractivity contribution < 1.29 is 23.8 Å². The van der Waals surface area contributed by atoms with Gasteiger partial charge >= 0.3 is 0 Å². The van der Waals surface area contributed by atoms with E-state index >= 15 is 0 Å². The number of carbonyl (C=O) groups is 1. The first-order valence-electron chi connectivity index (χ1n) is 14.3. The van der Waals surface area contributed by atoms with Crippen molar-refractivity contribution in [2.75, 3.05) is 39.5 Å². The minimum Gasteiger partial charge on any atom is -0.486 e. The van der Waals surface area contributed by atoms with Gasteiger partial charge in [0.1, 0.15) is 17.7 Å². The average Bonchev–Trinajstić information content (AvgIpc) is 3.45. The summed E-state index contributed by atoms with van der Waals surface area (Å²) in [5.74, 6) is 0.0979. The van der Waals surface area contributed by atoms with Gasteiger partial charge < -0.3 is 19.9 Å². The van der Waals surface area contributed by atoms with Gasteiger partial charge in [0.05, 0.1) is 37.6 Å². The number of halogens is 1. The van der Waals surface area contributed by atoms with Gasteiger partial charge in [-0.15, -0.1) is 0 Å². The zero-order valence-electron chi connectivity index (χ0n) is 23.3. The highest BCUT2D eigenvalue weighted by molar-refractivity contribution is 5.94. The van der Waals surface area contributed by atoms with Gasteiger partial charge in [-0.05, 0) is 60.2 Å². The third-order valence-corrected chi connectivity index (χ3v) is 8.41. The van der Waals surface area contributed by atoms with Crippen molar-refractivity contribution in [3.8, 4) is 5.75 Å². The average molecular weight is 558 g/mol. The van der Waals surface area contributed by atoms with Gasteiger partial charge in [-0.1, -0.05) is 42.0 Å². The number of nitrogens with zero attached hydrogens (tertiary/aromatic N) is 2. The number of pyridine rings is 1. The van der Waals surface area contributed by atoms with Gasteiger partial charge in [0.2, 0.25) is 0 Å². The lowest BCUT2D eigenvalue weighted by atomic mass is 9.59. The van der Waals surface area contributed by atoms with E-state index in [1.165, 1.54) is 17.7 Å². The van der Waals surface area contributed by atoms with E-state index < -0.39 is 0 Å². The molecule has 0 radical (unpaired) electrons. The van der Waals surface area contributed by atoms with Crippen molar-refractivity contribution in [2.45, 2.75) is 38.3 Å². The Morgan fingerprint density at radius 1 is 1.12 bits per heavy atom. The number of allylic oxidation sites excluding steroid dienone is 1. The number of aliphatic hydroxyl groups excluding tert-OH is 1. The summed E-state index contributed by atoms with van der Waals surface area (Å²) in [5, 5.41) is 12.3. The molecule has 8 heteroatoms. The number of aliphatic hydroxyl groups is 1. The predicted molar refractivity (Wildman–Crippen MR) is 154 cm³/mol. The fourth-order valence-electron chi connectivity index (χ4n) is 6.35.